The molecule has 8 heteroatoms. The molecule has 23 heavy (non-hydrogen) atoms. The van der Waals surface area contributed by atoms with E-state index in [4.69, 9.17) is 18.7 Å². The summed E-state index contributed by atoms with van der Waals surface area (Å²) in [5, 5.41) is 7.14. The highest BCUT2D eigenvalue weighted by molar-refractivity contribution is 5.85. The second kappa shape index (κ2) is 8.59. The lowest BCUT2D eigenvalue weighted by Crippen LogP contribution is -2.24. The van der Waals surface area contributed by atoms with Crippen molar-refractivity contribution in [2.75, 3.05) is 28.4 Å². The maximum atomic E-state index is 5.38. The Morgan fingerprint density at radius 2 is 1.70 bits per heavy atom. The smallest absolute Gasteiger partial charge is 0.261 e. The van der Waals surface area contributed by atoms with Crippen LogP contribution in [-0.4, -0.2) is 44.6 Å². The zero-order valence-corrected chi connectivity index (χ0v) is 14.7. The average molecular weight is 344 g/mol. The van der Waals surface area contributed by atoms with Gasteiger partial charge in [0.1, 0.15) is 5.75 Å². The first-order valence-corrected chi connectivity index (χ1v) is 6.93. The zero-order chi connectivity index (χ0) is 16.1. The van der Waals surface area contributed by atoms with E-state index in [0.717, 1.165) is 0 Å². The van der Waals surface area contributed by atoms with Gasteiger partial charge in [0.2, 0.25) is 0 Å². The van der Waals surface area contributed by atoms with Crippen molar-refractivity contribution in [2.24, 2.45) is 0 Å². The minimum Gasteiger partial charge on any atom is -0.496 e. The molecule has 0 saturated carbocycles. The van der Waals surface area contributed by atoms with Gasteiger partial charge < -0.3 is 24.1 Å². The highest BCUT2D eigenvalue weighted by Crippen LogP contribution is 2.39. The number of likely N-dealkylation sites (N-methyl/N-ethyl adjacent to an activating group) is 1. The number of benzene rings is 1. The molecule has 2 aromatic rings. The SMILES string of the molecule is CNC(C)Cc1noc(-c2cc(OC)c(OC)cc2OC)n1.Cl. The average Bonchev–Trinajstić information content (AvgIpc) is 3.01. The molecule has 0 bridgehead atoms. The molecule has 2 rings (SSSR count). The number of hydrogen-bond donors (Lipinski definition) is 1. The molecule has 0 spiro atoms. The lowest BCUT2D eigenvalue weighted by molar-refractivity contribution is 0.348. The van der Waals surface area contributed by atoms with Crippen molar-refractivity contribution in [3.63, 3.8) is 0 Å². The summed E-state index contributed by atoms with van der Waals surface area (Å²) in [6.07, 6.45) is 0.676. The Bertz CT molecular complexity index is 633. The van der Waals surface area contributed by atoms with Gasteiger partial charge in [0.05, 0.1) is 26.9 Å². The first-order chi connectivity index (χ1) is 10.6. The summed E-state index contributed by atoms with van der Waals surface area (Å²) in [6, 6.07) is 3.75. The number of ether oxygens (including phenoxy) is 3. The first kappa shape index (κ1) is 19.1. The number of aromatic nitrogens is 2. The maximum absolute atomic E-state index is 5.38. The monoisotopic (exact) mass is 343 g/mol. The van der Waals surface area contributed by atoms with Crippen molar-refractivity contribution in [1.82, 2.24) is 15.5 Å². The molecular weight excluding hydrogens is 322 g/mol. The molecule has 0 aliphatic heterocycles. The van der Waals surface area contributed by atoms with Crippen LogP contribution in [-0.2, 0) is 6.42 Å². The van der Waals surface area contributed by atoms with Gasteiger partial charge in [0.25, 0.3) is 5.89 Å². The molecule has 0 radical (unpaired) electrons. The molecule has 128 valence electrons. The van der Waals surface area contributed by atoms with Gasteiger partial charge in [-0.1, -0.05) is 5.16 Å². The minimum atomic E-state index is 0. The Hall–Kier alpha value is -1.99. The molecule has 1 aromatic heterocycles. The molecular formula is C15H22ClN3O4. The number of nitrogens with zero attached hydrogens (tertiary/aromatic N) is 2. The Labute approximate surface area is 141 Å². The summed E-state index contributed by atoms with van der Waals surface area (Å²) in [5.41, 5.74) is 0.663. The molecule has 7 nitrogen and oxygen atoms in total. The summed E-state index contributed by atoms with van der Waals surface area (Å²) in [4.78, 5) is 4.41. The van der Waals surface area contributed by atoms with Crippen LogP contribution < -0.4 is 19.5 Å². The minimum absolute atomic E-state index is 0. The lowest BCUT2D eigenvalue weighted by atomic mass is 10.1. The molecule has 0 fully saturated rings. The molecule has 0 aliphatic carbocycles. The van der Waals surface area contributed by atoms with Gasteiger partial charge >= 0.3 is 0 Å². The van der Waals surface area contributed by atoms with Crippen LogP contribution in [0.1, 0.15) is 12.7 Å². The third-order valence-corrected chi connectivity index (χ3v) is 3.39. The third kappa shape index (κ3) is 4.27. The van der Waals surface area contributed by atoms with Crippen LogP contribution in [0.3, 0.4) is 0 Å². The predicted molar refractivity (Wildman–Crippen MR) is 88.9 cm³/mol. The van der Waals surface area contributed by atoms with E-state index in [9.17, 15) is 0 Å². The topological polar surface area (TPSA) is 78.6 Å². The normalized spacial score (nSPS) is 11.5. The van der Waals surface area contributed by atoms with E-state index in [0.29, 0.717) is 40.9 Å². The van der Waals surface area contributed by atoms with Gasteiger partial charge in [0, 0.05) is 24.6 Å². The van der Waals surface area contributed by atoms with Crippen LogP contribution in [0.4, 0.5) is 0 Å². The fourth-order valence-corrected chi connectivity index (χ4v) is 2.02. The Morgan fingerprint density at radius 3 is 2.26 bits per heavy atom. The number of rotatable bonds is 7. The van der Waals surface area contributed by atoms with Crippen molar-refractivity contribution < 1.29 is 18.7 Å². The second-order valence-electron chi connectivity index (χ2n) is 4.82. The van der Waals surface area contributed by atoms with Crippen molar-refractivity contribution in [2.45, 2.75) is 19.4 Å². The highest BCUT2D eigenvalue weighted by atomic mass is 35.5. The van der Waals surface area contributed by atoms with E-state index >= 15 is 0 Å². The fraction of sp³-hybridized carbons (Fsp3) is 0.467. The molecule has 1 N–H and O–H groups in total. The van der Waals surface area contributed by atoms with Crippen LogP contribution in [0.25, 0.3) is 11.5 Å². The Kier molecular flexibility index (Phi) is 7.12. The Balaban J connectivity index is 0.00000264. The van der Waals surface area contributed by atoms with Gasteiger partial charge in [-0.15, -0.1) is 12.4 Å². The summed E-state index contributed by atoms with van der Waals surface area (Å²) in [5.74, 6) is 2.74. The zero-order valence-electron chi connectivity index (χ0n) is 13.9. The van der Waals surface area contributed by atoms with Gasteiger partial charge in [-0.25, -0.2) is 0 Å². The summed E-state index contributed by atoms with van der Waals surface area (Å²) in [6.45, 7) is 2.05. The van der Waals surface area contributed by atoms with Gasteiger partial charge in [-0.05, 0) is 14.0 Å². The van der Waals surface area contributed by atoms with Gasteiger partial charge in [0.15, 0.2) is 17.3 Å². The van der Waals surface area contributed by atoms with Gasteiger partial charge in [-0.2, -0.15) is 4.98 Å². The van der Waals surface area contributed by atoms with E-state index in [2.05, 4.69) is 15.5 Å². The number of halogens is 1. The second-order valence-corrected chi connectivity index (χ2v) is 4.82. The van der Waals surface area contributed by atoms with E-state index < -0.39 is 0 Å². The fourth-order valence-electron chi connectivity index (χ4n) is 2.02. The van der Waals surface area contributed by atoms with E-state index in [-0.39, 0.29) is 18.4 Å². The van der Waals surface area contributed by atoms with E-state index in [1.165, 1.54) is 0 Å². The van der Waals surface area contributed by atoms with Crippen LogP contribution in [0.15, 0.2) is 16.7 Å². The van der Waals surface area contributed by atoms with Crippen LogP contribution in [0, 0.1) is 0 Å². The molecule has 1 unspecified atom stereocenters. The molecule has 1 atom stereocenters. The number of methoxy groups -OCH3 is 3. The van der Waals surface area contributed by atoms with Crippen molar-refractivity contribution in [3.05, 3.63) is 18.0 Å². The largest absolute Gasteiger partial charge is 0.496 e. The summed E-state index contributed by atoms with van der Waals surface area (Å²) >= 11 is 0. The maximum Gasteiger partial charge on any atom is 0.261 e. The van der Waals surface area contributed by atoms with Crippen LogP contribution >= 0.6 is 12.4 Å². The van der Waals surface area contributed by atoms with Gasteiger partial charge in [-0.3, -0.25) is 0 Å². The predicted octanol–water partition coefficient (Wildman–Crippen LogP) is 2.33. The van der Waals surface area contributed by atoms with E-state index in [1.54, 1.807) is 33.5 Å². The molecule has 0 saturated heterocycles. The number of hydrogen-bond acceptors (Lipinski definition) is 7. The van der Waals surface area contributed by atoms with Crippen LogP contribution in [0.2, 0.25) is 0 Å². The Morgan fingerprint density at radius 1 is 1.09 bits per heavy atom. The quantitative estimate of drug-likeness (QED) is 0.826. The van der Waals surface area contributed by atoms with Crippen LogP contribution in [0.5, 0.6) is 17.2 Å². The lowest BCUT2D eigenvalue weighted by Gasteiger charge is -2.11. The molecule has 0 aliphatic rings. The standard InChI is InChI=1S/C15H21N3O4.ClH/c1-9(16-2)6-14-17-15(22-18-14)10-7-12(20-4)13(21-5)8-11(10)19-3;/h7-9,16H,6H2,1-5H3;1H. The summed E-state index contributed by atoms with van der Waals surface area (Å²) in [7, 11) is 6.61. The van der Waals surface area contributed by atoms with Crippen molar-refractivity contribution >= 4 is 12.4 Å². The van der Waals surface area contributed by atoms with Crippen molar-refractivity contribution in [1.29, 1.82) is 0 Å². The highest BCUT2D eigenvalue weighted by Gasteiger charge is 2.19. The molecule has 1 aromatic carbocycles. The molecule has 1 heterocycles. The summed E-state index contributed by atoms with van der Waals surface area (Å²) < 4.78 is 21.3. The van der Waals surface area contributed by atoms with E-state index in [1.807, 2.05) is 14.0 Å². The third-order valence-electron chi connectivity index (χ3n) is 3.39. The number of nitrogens with one attached hydrogen (secondary N) is 1. The van der Waals surface area contributed by atoms with Crippen molar-refractivity contribution in [3.8, 4) is 28.7 Å². The molecule has 0 amide bonds. The first-order valence-electron chi connectivity index (χ1n) is 6.93.